The molecule has 4 heteroatoms. The Morgan fingerprint density at radius 2 is 2.18 bits per heavy atom. The molecule has 0 amide bonds. The summed E-state index contributed by atoms with van der Waals surface area (Å²) in [4.78, 5) is 4.14. The highest BCUT2D eigenvalue weighted by Crippen LogP contribution is 2.32. The number of benzene rings is 1. The third-order valence-electron chi connectivity index (χ3n) is 2.32. The number of nitrogens with zero attached hydrogens (tertiary/aromatic N) is 1. The maximum Gasteiger partial charge on any atom is 0.212 e. The van der Waals surface area contributed by atoms with Gasteiger partial charge < -0.3 is 9.15 Å². The SMILES string of the molecule is CCOc1ccccc1-c1cnc(C(C)Cl)o1. The van der Waals surface area contributed by atoms with E-state index in [4.69, 9.17) is 20.8 Å². The Hall–Kier alpha value is -1.48. The number of alkyl halides is 1. The van der Waals surface area contributed by atoms with Crippen molar-refractivity contribution in [3.63, 3.8) is 0 Å². The van der Waals surface area contributed by atoms with Crippen molar-refractivity contribution >= 4 is 11.6 Å². The van der Waals surface area contributed by atoms with Gasteiger partial charge in [0.05, 0.1) is 18.4 Å². The van der Waals surface area contributed by atoms with Crippen molar-refractivity contribution in [3.05, 3.63) is 36.4 Å². The predicted molar refractivity (Wildman–Crippen MR) is 67.4 cm³/mol. The van der Waals surface area contributed by atoms with Crippen LogP contribution in [-0.2, 0) is 0 Å². The summed E-state index contributed by atoms with van der Waals surface area (Å²) in [5, 5.41) is -0.233. The van der Waals surface area contributed by atoms with E-state index in [2.05, 4.69) is 4.98 Å². The van der Waals surface area contributed by atoms with Gasteiger partial charge in [0, 0.05) is 0 Å². The molecule has 0 bridgehead atoms. The van der Waals surface area contributed by atoms with Gasteiger partial charge in [0.1, 0.15) is 11.1 Å². The normalized spacial score (nSPS) is 12.4. The molecule has 0 aliphatic rings. The van der Waals surface area contributed by atoms with Gasteiger partial charge in [-0.05, 0) is 26.0 Å². The molecule has 2 aromatic rings. The lowest BCUT2D eigenvalue weighted by Crippen LogP contribution is -1.93. The number of rotatable bonds is 4. The van der Waals surface area contributed by atoms with E-state index in [1.807, 2.05) is 38.1 Å². The van der Waals surface area contributed by atoms with Crippen molar-refractivity contribution in [2.45, 2.75) is 19.2 Å². The molecule has 0 fully saturated rings. The fourth-order valence-corrected chi connectivity index (χ4v) is 1.65. The number of para-hydroxylation sites is 1. The van der Waals surface area contributed by atoms with Gasteiger partial charge in [-0.1, -0.05) is 12.1 Å². The van der Waals surface area contributed by atoms with E-state index in [0.717, 1.165) is 11.3 Å². The second-order valence-electron chi connectivity index (χ2n) is 3.61. The zero-order valence-electron chi connectivity index (χ0n) is 9.81. The van der Waals surface area contributed by atoms with Crippen molar-refractivity contribution in [2.75, 3.05) is 6.61 Å². The molecule has 0 aliphatic carbocycles. The van der Waals surface area contributed by atoms with Crippen LogP contribution in [-0.4, -0.2) is 11.6 Å². The second kappa shape index (κ2) is 5.23. The van der Waals surface area contributed by atoms with Crippen molar-refractivity contribution < 1.29 is 9.15 Å². The quantitative estimate of drug-likeness (QED) is 0.770. The summed E-state index contributed by atoms with van der Waals surface area (Å²) in [6.45, 7) is 4.39. The molecule has 1 heterocycles. The van der Waals surface area contributed by atoms with Gasteiger partial charge in [-0.3, -0.25) is 0 Å². The predicted octanol–water partition coefficient (Wildman–Crippen LogP) is 4.04. The van der Waals surface area contributed by atoms with E-state index in [-0.39, 0.29) is 5.38 Å². The third kappa shape index (κ3) is 2.61. The van der Waals surface area contributed by atoms with Crippen LogP contribution in [0, 0.1) is 0 Å². The van der Waals surface area contributed by atoms with Crippen LogP contribution < -0.4 is 4.74 Å². The lowest BCUT2D eigenvalue weighted by atomic mass is 10.1. The molecule has 17 heavy (non-hydrogen) atoms. The summed E-state index contributed by atoms with van der Waals surface area (Å²) >= 11 is 5.92. The van der Waals surface area contributed by atoms with Gasteiger partial charge in [-0.25, -0.2) is 4.98 Å². The largest absolute Gasteiger partial charge is 0.493 e. The first-order valence-corrected chi connectivity index (χ1v) is 5.98. The molecule has 1 aromatic heterocycles. The van der Waals surface area contributed by atoms with E-state index >= 15 is 0 Å². The molecular weight excluding hydrogens is 238 g/mol. The van der Waals surface area contributed by atoms with Gasteiger partial charge in [-0.15, -0.1) is 11.6 Å². The number of hydrogen-bond acceptors (Lipinski definition) is 3. The Labute approximate surface area is 105 Å². The van der Waals surface area contributed by atoms with Crippen molar-refractivity contribution in [3.8, 4) is 17.1 Å². The van der Waals surface area contributed by atoms with E-state index in [1.54, 1.807) is 6.20 Å². The van der Waals surface area contributed by atoms with E-state index in [9.17, 15) is 0 Å². The molecule has 90 valence electrons. The average molecular weight is 252 g/mol. The molecule has 1 unspecified atom stereocenters. The molecule has 0 spiro atoms. The Kier molecular flexibility index (Phi) is 3.69. The highest BCUT2D eigenvalue weighted by atomic mass is 35.5. The van der Waals surface area contributed by atoms with Crippen LogP contribution in [0.15, 0.2) is 34.9 Å². The molecule has 1 aromatic carbocycles. The van der Waals surface area contributed by atoms with Gasteiger partial charge in [0.15, 0.2) is 5.76 Å². The molecule has 0 radical (unpaired) electrons. The maximum atomic E-state index is 5.92. The fourth-order valence-electron chi connectivity index (χ4n) is 1.55. The monoisotopic (exact) mass is 251 g/mol. The van der Waals surface area contributed by atoms with Crippen LogP contribution in [0.1, 0.15) is 25.1 Å². The van der Waals surface area contributed by atoms with Crippen molar-refractivity contribution in [1.29, 1.82) is 0 Å². The Morgan fingerprint density at radius 3 is 2.82 bits per heavy atom. The van der Waals surface area contributed by atoms with E-state index in [1.165, 1.54) is 0 Å². The summed E-state index contributed by atoms with van der Waals surface area (Å²) in [6, 6.07) is 7.71. The Bertz CT molecular complexity index is 494. The Morgan fingerprint density at radius 1 is 1.41 bits per heavy atom. The highest BCUT2D eigenvalue weighted by molar-refractivity contribution is 6.20. The molecule has 0 aliphatic heterocycles. The van der Waals surface area contributed by atoms with Crippen molar-refractivity contribution in [2.24, 2.45) is 0 Å². The first-order chi connectivity index (χ1) is 8.22. The average Bonchev–Trinajstić information content (AvgIpc) is 2.79. The number of halogens is 1. The standard InChI is InChI=1S/C13H14ClNO2/c1-3-16-11-7-5-4-6-10(11)12-8-15-13(17-12)9(2)14/h4-9H,3H2,1-2H3. The summed E-state index contributed by atoms with van der Waals surface area (Å²) in [5.74, 6) is 1.99. The van der Waals surface area contributed by atoms with Gasteiger partial charge in [0.2, 0.25) is 5.89 Å². The van der Waals surface area contributed by atoms with Crippen LogP contribution in [0.25, 0.3) is 11.3 Å². The summed E-state index contributed by atoms with van der Waals surface area (Å²) in [6.07, 6.45) is 1.67. The van der Waals surface area contributed by atoms with E-state index < -0.39 is 0 Å². The summed E-state index contributed by atoms with van der Waals surface area (Å²) in [5.41, 5.74) is 0.894. The first kappa shape index (κ1) is 12.0. The minimum Gasteiger partial charge on any atom is -0.493 e. The minimum atomic E-state index is -0.233. The summed E-state index contributed by atoms with van der Waals surface area (Å²) in [7, 11) is 0. The fraction of sp³-hybridized carbons (Fsp3) is 0.308. The topological polar surface area (TPSA) is 35.3 Å². The van der Waals surface area contributed by atoms with Crippen LogP contribution in [0.3, 0.4) is 0 Å². The van der Waals surface area contributed by atoms with Crippen LogP contribution in [0.5, 0.6) is 5.75 Å². The van der Waals surface area contributed by atoms with Crippen LogP contribution in [0.4, 0.5) is 0 Å². The van der Waals surface area contributed by atoms with Gasteiger partial charge in [-0.2, -0.15) is 0 Å². The highest BCUT2D eigenvalue weighted by Gasteiger charge is 2.13. The van der Waals surface area contributed by atoms with Crippen molar-refractivity contribution in [1.82, 2.24) is 4.98 Å². The molecule has 2 rings (SSSR count). The zero-order chi connectivity index (χ0) is 12.3. The number of hydrogen-bond donors (Lipinski definition) is 0. The molecule has 0 saturated carbocycles. The van der Waals surface area contributed by atoms with Gasteiger partial charge in [0.25, 0.3) is 0 Å². The molecular formula is C13H14ClNO2. The van der Waals surface area contributed by atoms with Crippen LogP contribution >= 0.6 is 11.6 Å². The lowest BCUT2D eigenvalue weighted by molar-refractivity contribution is 0.340. The molecule has 0 saturated heterocycles. The van der Waals surface area contributed by atoms with Crippen LogP contribution in [0.2, 0.25) is 0 Å². The lowest BCUT2D eigenvalue weighted by Gasteiger charge is -2.07. The molecule has 1 atom stereocenters. The maximum absolute atomic E-state index is 5.92. The van der Waals surface area contributed by atoms with E-state index in [0.29, 0.717) is 18.3 Å². The summed E-state index contributed by atoms with van der Waals surface area (Å²) < 4.78 is 11.1. The molecule has 0 N–H and O–H groups in total. The molecule has 3 nitrogen and oxygen atoms in total. The number of aromatic nitrogens is 1. The second-order valence-corrected chi connectivity index (χ2v) is 4.26. The smallest absolute Gasteiger partial charge is 0.212 e. The van der Waals surface area contributed by atoms with Gasteiger partial charge >= 0.3 is 0 Å². The zero-order valence-corrected chi connectivity index (χ0v) is 10.6. The number of ether oxygens (including phenoxy) is 1. The Balaban J connectivity index is 2.38. The first-order valence-electron chi connectivity index (χ1n) is 5.54. The minimum absolute atomic E-state index is 0.233. The third-order valence-corrected chi connectivity index (χ3v) is 2.50. The number of oxazole rings is 1.